The molecular weight excluding hydrogens is 238 g/mol. The first-order chi connectivity index (χ1) is 8.96. The maximum absolute atomic E-state index is 11.2. The summed E-state index contributed by atoms with van der Waals surface area (Å²) >= 11 is 0. The van der Waals surface area contributed by atoms with Gasteiger partial charge in [0.1, 0.15) is 6.04 Å². The molecule has 0 bridgehead atoms. The molecule has 3 heteroatoms. The van der Waals surface area contributed by atoms with Gasteiger partial charge in [-0.05, 0) is 26.3 Å². The zero-order valence-corrected chi connectivity index (χ0v) is 12.1. The van der Waals surface area contributed by atoms with Gasteiger partial charge >= 0.3 is 5.97 Å². The second-order valence-corrected chi connectivity index (χ2v) is 5.06. The molecule has 19 heavy (non-hydrogen) atoms. The van der Waals surface area contributed by atoms with Crippen molar-refractivity contribution in [3.05, 3.63) is 48.0 Å². The van der Waals surface area contributed by atoms with Gasteiger partial charge in [0.15, 0.2) is 6.54 Å². The van der Waals surface area contributed by atoms with Crippen LogP contribution in [0.3, 0.4) is 0 Å². The fraction of sp³-hybridized carbons (Fsp3) is 0.438. The highest BCUT2D eigenvalue weighted by Gasteiger charge is 2.37. The highest BCUT2D eigenvalue weighted by atomic mass is 16.4. The summed E-state index contributed by atoms with van der Waals surface area (Å²) in [4.78, 5) is 11.2. The molecule has 1 aromatic carbocycles. The number of carboxylic acid groups (broad SMARTS) is 1. The van der Waals surface area contributed by atoms with Crippen molar-refractivity contribution >= 4 is 5.97 Å². The number of likely N-dealkylation sites (N-methyl/N-ethyl adjacent to an activating group) is 1. The van der Waals surface area contributed by atoms with Gasteiger partial charge in [-0.2, -0.15) is 0 Å². The van der Waals surface area contributed by atoms with Crippen molar-refractivity contribution in [3.8, 4) is 0 Å². The molecule has 1 unspecified atom stereocenters. The first kappa shape index (κ1) is 15.4. The van der Waals surface area contributed by atoms with E-state index in [1.165, 1.54) is 0 Å². The van der Waals surface area contributed by atoms with Crippen molar-refractivity contribution in [2.75, 3.05) is 19.6 Å². The van der Waals surface area contributed by atoms with Gasteiger partial charge in [0.2, 0.25) is 0 Å². The molecule has 1 rings (SSSR count). The normalized spacial score (nSPS) is 13.0. The van der Waals surface area contributed by atoms with Gasteiger partial charge in [-0.1, -0.05) is 36.9 Å². The van der Waals surface area contributed by atoms with E-state index in [0.29, 0.717) is 4.48 Å². The minimum absolute atomic E-state index is 0.0345. The highest BCUT2D eigenvalue weighted by Crippen LogP contribution is 2.33. The Bertz CT molecular complexity index is 435. The van der Waals surface area contributed by atoms with Crippen LogP contribution < -0.4 is 0 Å². The standard InChI is InChI=1S/C16H23NO2/c1-5-17(6-2,12-15(18)19)16(13(3)4)14-10-8-7-9-11-14/h7-11,16H,3,5-6,12H2,1-2,4H3/p+1. The minimum atomic E-state index is -0.758. The third-order valence-corrected chi connectivity index (χ3v) is 3.84. The molecule has 0 amide bonds. The molecule has 0 saturated carbocycles. The van der Waals surface area contributed by atoms with Gasteiger partial charge in [-0.25, -0.2) is 4.79 Å². The van der Waals surface area contributed by atoms with Crippen molar-refractivity contribution in [2.24, 2.45) is 0 Å². The number of rotatable bonds is 7. The zero-order chi connectivity index (χ0) is 14.5. The summed E-state index contributed by atoms with van der Waals surface area (Å²) in [7, 11) is 0. The Morgan fingerprint density at radius 3 is 2.16 bits per heavy atom. The Hall–Kier alpha value is -1.61. The number of carboxylic acids is 1. The van der Waals surface area contributed by atoms with Crippen LogP contribution in [0.1, 0.15) is 32.4 Å². The average Bonchev–Trinajstić information content (AvgIpc) is 2.38. The molecule has 0 radical (unpaired) electrons. The zero-order valence-electron chi connectivity index (χ0n) is 12.1. The van der Waals surface area contributed by atoms with E-state index in [1.807, 2.05) is 39.0 Å². The van der Waals surface area contributed by atoms with Crippen LogP contribution in [-0.2, 0) is 4.79 Å². The van der Waals surface area contributed by atoms with E-state index in [-0.39, 0.29) is 12.6 Å². The van der Waals surface area contributed by atoms with Crippen LogP contribution in [0, 0.1) is 0 Å². The van der Waals surface area contributed by atoms with E-state index >= 15 is 0 Å². The maximum atomic E-state index is 11.2. The predicted molar refractivity (Wildman–Crippen MR) is 77.8 cm³/mol. The molecule has 1 atom stereocenters. The van der Waals surface area contributed by atoms with Crippen LogP contribution in [0.2, 0.25) is 0 Å². The van der Waals surface area contributed by atoms with Gasteiger partial charge in [-0.3, -0.25) is 0 Å². The van der Waals surface area contributed by atoms with Crippen LogP contribution in [0.4, 0.5) is 0 Å². The molecule has 0 saturated heterocycles. The average molecular weight is 262 g/mol. The number of carbonyl (C=O) groups is 1. The van der Waals surface area contributed by atoms with Crippen LogP contribution >= 0.6 is 0 Å². The third kappa shape index (κ3) is 3.44. The van der Waals surface area contributed by atoms with Gasteiger partial charge in [0, 0.05) is 5.56 Å². The third-order valence-electron chi connectivity index (χ3n) is 3.84. The Balaban J connectivity index is 3.28. The van der Waals surface area contributed by atoms with Crippen molar-refractivity contribution in [2.45, 2.75) is 26.8 Å². The lowest BCUT2D eigenvalue weighted by molar-refractivity contribution is -0.942. The lowest BCUT2D eigenvalue weighted by atomic mass is 9.96. The van der Waals surface area contributed by atoms with Crippen LogP contribution in [0.5, 0.6) is 0 Å². The molecule has 0 aliphatic heterocycles. The summed E-state index contributed by atoms with van der Waals surface area (Å²) in [5.74, 6) is -0.758. The molecule has 0 aliphatic carbocycles. The SMILES string of the molecule is C=C(C)C(c1ccccc1)[N+](CC)(CC)CC(=O)O. The minimum Gasteiger partial charge on any atom is -0.477 e. The number of hydrogen-bond donors (Lipinski definition) is 1. The van der Waals surface area contributed by atoms with E-state index < -0.39 is 5.97 Å². The van der Waals surface area contributed by atoms with E-state index in [4.69, 9.17) is 0 Å². The smallest absolute Gasteiger partial charge is 0.359 e. The molecule has 1 aromatic rings. The first-order valence-electron chi connectivity index (χ1n) is 6.74. The van der Waals surface area contributed by atoms with E-state index in [9.17, 15) is 9.90 Å². The first-order valence-corrected chi connectivity index (χ1v) is 6.74. The van der Waals surface area contributed by atoms with Gasteiger partial charge in [-0.15, -0.1) is 0 Å². The van der Waals surface area contributed by atoms with Crippen molar-refractivity contribution in [1.29, 1.82) is 0 Å². The molecular formula is C16H24NO2+. The Labute approximate surface area is 115 Å². The van der Waals surface area contributed by atoms with Crippen LogP contribution in [-0.4, -0.2) is 35.2 Å². The Kier molecular flexibility index (Phi) is 5.31. The predicted octanol–water partition coefficient (Wildman–Crippen LogP) is 3.25. The summed E-state index contributed by atoms with van der Waals surface area (Å²) in [6, 6.07) is 10.1. The molecule has 0 heterocycles. The summed E-state index contributed by atoms with van der Waals surface area (Å²) in [5, 5.41) is 9.24. The van der Waals surface area contributed by atoms with Gasteiger partial charge in [0.05, 0.1) is 13.1 Å². The quantitative estimate of drug-likeness (QED) is 0.605. The summed E-state index contributed by atoms with van der Waals surface area (Å²) in [5.41, 5.74) is 2.15. The number of aliphatic carboxylic acids is 1. The molecule has 3 nitrogen and oxygen atoms in total. The molecule has 0 aliphatic rings. The van der Waals surface area contributed by atoms with Crippen molar-refractivity contribution in [1.82, 2.24) is 0 Å². The van der Waals surface area contributed by atoms with Crippen molar-refractivity contribution < 1.29 is 14.4 Å². The molecule has 0 aromatic heterocycles. The number of benzene rings is 1. The van der Waals surface area contributed by atoms with Crippen molar-refractivity contribution in [3.63, 3.8) is 0 Å². The summed E-state index contributed by atoms with van der Waals surface area (Å²) in [6.07, 6.45) is 0. The monoisotopic (exact) mass is 262 g/mol. The lowest BCUT2D eigenvalue weighted by Crippen LogP contribution is -2.53. The number of nitrogens with zero attached hydrogens (tertiary/aromatic N) is 1. The topological polar surface area (TPSA) is 37.3 Å². The molecule has 104 valence electrons. The van der Waals surface area contributed by atoms with Gasteiger partial charge in [0.25, 0.3) is 0 Å². The highest BCUT2D eigenvalue weighted by molar-refractivity contribution is 5.68. The van der Waals surface area contributed by atoms with E-state index in [2.05, 4.69) is 18.7 Å². The second-order valence-electron chi connectivity index (χ2n) is 5.06. The Morgan fingerprint density at radius 1 is 1.26 bits per heavy atom. The van der Waals surface area contributed by atoms with E-state index in [0.717, 1.165) is 24.2 Å². The van der Waals surface area contributed by atoms with Crippen LogP contribution in [0.25, 0.3) is 0 Å². The molecule has 1 N–H and O–H groups in total. The Morgan fingerprint density at radius 2 is 1.79 bits per heavy atom. The van der Waals surface area contributed by atoms with Gasteiger partial charge < -0.3 is 9.59 Å². The second kappa shape index (κ2) is 6.53. The summed E-state index contributed by atoms with van der Waals surface area (Å²) < 4.78 is 0.509. The molecule has 0 fully saturated rings. The fourth-order valence-electron chi connectivity index (χ4n) is 2.88. The van der Waals surface area contributed by atoms with Crippen LogP contribution in [0.15, 0.2) is 42.5 Å². The molecule has 0 spiro atoms. The largest absolute Gasteiger partial charge is 0.477 e. The fourth-order valence-corrected chi connectivity index (χ4v) is 2.88. The lowest BCUT2D eigenvalue weighted by Gasteiger charge is -2.43. The number of quaternary nitrogens is 1. The number of hydrogen-bond acceptors (Lipinski definition) is 1. The van der Waals surface area contributed by atoms with E-state index in [1.54, 1.807) is 0 Å². The maximum Gasteiger partial charge on any atom is 0.359 e. The summed E-state index contributed by atoms with van der Waals surface area (Å²) in [6.45, 7) is 11.8.